The molecule has 2 aromatic carbocycles. The summed E-state index contributed by atoms with van der Waals surface area (Å²) in [7, 11) is 0. The van der Waals surface area contributed by atoms with Crippen LogP contribution in [0.2, 0.25) is 0 Å². The lowest BCUT2D eigenvalue weighted by Crippen LogP contribution is -2.46. The summed E-state index contributed by atoms with van der Waals surface area (Å²) < 4.78 is 5.95. The minimum atomic E-state index is -0.300. The molecule has 0 heterocycles. The van der Waals surface area contributed by atoms with Crippen molar-refractivity contribution in [1.82, 2.24) is 0 Å². The van der Waals surface area contributed by atoms with Gasteiger partial charge in [0, 0.05) is 17.4 Å². The molecule has 0 bridgehead atoms. The molecule has 0 unspecified atom stereocenters. The van der Waals surface area contributed by atoms with Gasteiger partial charge in [-0.2, -0.15) is 0 Å². The predicted molar refractivity (Wildman–Crippen MR) is 112 cm³/mol. The summed E-state index contributed by atoms with van der Waals surface area (Å²) in [6.07, 6.45) is 4.82. The molecule has 0 amide bonds. The lowest BCUT2D eigenvalue weighted by Gasteiger charge is -2.51. The highest BCUT2D eigenvalue weighted by molar-refractivity contribution is 5.91. The topological polar surface area (TPSA) is 43.4 Å². The van der Waals surface area contributed by atoms with Crippen molar-refractivity contribution >= 4 is 11.8 Å². The molecule has 2 aromatic rings. The van der Waals surface area contributed by atoms with E-state index in [2.05, 4.69) is 19.9 Å². The maximum absolute atomic E-state index is 12.8. The van der Waals surface area contributed by atoms with E-state index in [4.69, 9.17) is 4.74 Å². The number of hydrogen-bond donors (Lipinski definition) is 0. The fourth-order valence-corrected chi connectivity index (χ4v) is 6.73. The van der Waals surface area contributed by atoms with Crippen LogP contribution in [0.3, 0.4) is 0 Å². The molecule has 0 radical (unpaired) electrons. The van der Waals surface area contributed by atoms with Crippen molar-refractivity contribution in [3.05, 3.63) is 65.2 Å². The first-order chi connectivity index (χ1) is 14.0. The van der Waals surface area contributed by atoms with Crippen LogP contribution in [0, 0.1) is 23.2 Å². The van der Waals surface area contributed by atoms with Crippen LogP contribution in [0.1, 0.15) is 66.9 Å². The van der Waals surface area contributed by atoms with E-state index in [1.807, 2.05) is 30.3 Å². The molecular weight excluding hydrogens is 360 g/mol. The first-order valence-corrected chi connectivity index (χ1v) is 10.9. The Kier molecular flexibility index (Phi) is 4.38. The number of ketones is 1. The Morgan fingerprint density at radius 2 is 1.83 bits per heavy atom. The lowest BCUT2D eigenvalue weighted by molar-refractivity contribution is -0.130. The van der Waals surface area contributed by atoms with Gasteiger partial charge in [-0.3, -0.25) is 4.79 Å². The van der Waals surface area contributed by atoms with Gasteiger partial charge in [0.1, 0.15) is 11.5 Å². The van der Waals surface area contributed by atoms with Gasteiger partial charge >= 0.3 is 5.97 Å². The number of fused-ring (bicyclic) bond motifs is 5. The van der Waals surface area contributed by atoms with Crippen LogP contribution in [0.25, 0.3) is 0 Å². The number of esters is 1. The minimum Gasteiger partial charge on any atom is -0.423 e. The highest BCUT2D eigenvalue weighted by Crippen LogP contribution is 2.62. The number of rotatable bonds is 2. The van der Waals surface area contributed by atoms with Crippen LogP contribution in [0.5, 0.6) is 5.75 Å². The fourth-order valence-electron chi connectivity index (χ4n) is 6.73. The maximum Gasteiger partial charge on any atom is 0.343 e. The van der Waals surface area contributed by atoms with Gasteiger partial charge in [-0.1, -0.05) is 44.2 Å². The molecule has 150 valence electrons. The summed E-state index contributed by atoms with van der Waals surface area (Å²) in [5.41, 5.74) is 2.95. The Morgan fingerprint density at radius 3 is 2.62 bits per heavy atom. The Morgan fingerprint density at radius 1 is 1.03 bits per heavy atom. The van der Waals surface area contributed by atoms with Crippen LogP contribution in [-0.2, 0) is 11.2 Å². The Bertz CT molecular complexity index is 963. The highest BCUT2D eigenvalue weighted by atomic mass is 16.5. The van der Waals surface area contributed by atoms with Crippen LogP contribution < -0.4 is 4.74 Å². The summed E-state index contributed by atoms with van der Waals surface area (Å²) in [6, 6.07) is 15.3. The van der Waals surface area contributed by atoms with E-state index in [-0.39, 0.29) is 11.4 Å². The van der Waals surface area contributed by atoms with Crippen molar-refractivity contribution < 1.29 is 14.3 Å². The predicted octanol–water partition coefficient (Wildman–Crippen LogP) is 5.58. The molecule has 0 aromatic heterocycles. The van der Waals surface area contributed by atoms with E-state index in [0.29, 0.717) is 40.8 Å². The zero-order valence-electron chi connectivity index (χ0n) is 17.2. The Balaban J connectivity index is 1.52. The number of hydrogen-bond acceptors (Lipinski definition) is 3. The maximum atomic E-state index is 12.8. The summed E-state index contributed by atoms with van der Waals surface area (Å²) in [4.78, 5) is 25.4. The fraction of sp³-hybridized carbons (Fsp3) is 0.462. The van der Waals surface area contributed by atoms with Crippen LogP contribution in [0.4, 0.5) is 0 Å². The van der Waals surface area contributed by atoms with Crippen molar-refractivity contribution in [3.63, 3.8) is 0 Å². The third-order valence-corrected chi connectivity index (χ3v) is 7.92. The summed E-state index contributed by atoms with van der Waals surface area (Å²) in [6.45, 7) is 4.49. The Labute approximate surface area is 172 Å². The number of ether oxygens (including phenoxy) is 1. The molecule has 3 aliphatic carbocycles. The molecule has 0 N–H and O–H groups in total. The number of benzene rings is 2. The van der Waals surface area contributed by atoms with Gasteiger partial charge in [-0.05, 0) is 73.1 Å². The molecule has 2 saturated carbocycles. The smallest absolute Gasteiger partial charge is 0.343 e. The zero-order chi connectivity index (χ0) is 20.2. The molecule has 0 aliphatic heterocycles. The van der Waals surface area contributed by atoms with Gasteiger partial charge in [0.15, 0.2) is 0 Å². The van der Waals surface area contributed by atoms with Crippen molar-refractivity contribution in [3.8, 4) is 5.75 Å². The summed E-state index contributed by atoms with van der Waals surface area (Å²) >= 11 is 0. The molecule has 3 nitrogen and oxygen atoms in total. The highest BCUT2D eigenvalue weighted by Gasteiger charge is 2.57. The van der Waals surface area contributed by atoms with Crippen molar-refractivity contribution in [2.24, 2.45) is 23.2 Å². The van der Waals surface area contributed by atoms with Crippen LogP contribution in [0.15, 0.2) is 48.5 Å². The average molecular weight is 389 g/mol. The minimum absolute atomic E-state index is 0.159. The normalized spacial score (nSPS) is 32.8. The molecule has 5 atom stereocenters. The second kappa shape index (κ2) is 6.83. The third kappa shape index (κ3) is 2.86. The van der Waals surface area contributed by atoms with E-state index in [0.717, 1.165) is 32.1 Å². The lowest BCUT2D eigenvalue weighted by atomic mass is 9.52. The van der Waals surface area contributed by atoms with E-state index in [1.165, 1.54) is 11.1 Å². The van der Waals surface area contributed by atoms with Gasteiger partial charge in [-0.15, -0.1) is 0 Å². The second-order valence-corrected chi connectivity index (χ2v) is 9.48. The van der Waals surface area contributed by atoms with Gasteiger partial charge in [0.25, 0.3) is 0 Å². The molecule has 3 aliphatic rings. The largest absolute Gasteiger partial charge is 0.423 e. The van der Waals surface area contributed by atoms with Gasteiger partial charge in [-0.25, -0.2) is 4.79 Å². The average Bonchev–Trinajstić information content (AvgIpc) is 3.02. The zero-order valence-corrected chi connectivity index (χ0v) is 17.2. The van der Waals surface area contributed by atoms with Gasteiger partial charge in [0.05, 0.1) is 5.56 Å². The van der Waals surface area contributed by atoms with Crippen molar-refractivity contribution in [2.75, 3.05) is 0 Å². The summed E-state index contributed by atoms with van der Waals surface area (Å²) in [5, 5.41) is 0. The molecule has 3 heteroatoms. The number of carbonyl (C=O) groups excluding carboxylic acids is 2. The van der Waals surface area contributed by atoms with E-state index in [1.54, 1.807) is 12.1 Å². The number of aryl methyl sites for hydroxylation is 1. The monoisotopic (exact) mass is 388 g/mol. The van der Waals surface area contributed by atoms with E-state index in [9.17, 15) is 9.59 Å². The first kappa shape index (κ1) is 18.6. The molecule has 2 fully saturated rings. The SMILES string of the molecule is C[C@@H]1C[C@]2(C)C(=O)CC[C@H]2[C@H]2CCc3cccc(OC(=O)c4ccccc4)c3[C@H]21. The van der Waals surface area contributed by atoms with Gasteiger partial charge in [0.2, 0.25) is 0 Å². The van der Waals surface area contributed by atoms with E-state index >= 15 is 0 Å². The number of Topliss-reactive ketones (excluding diaryl/α,β-unsaturated/α-hetero) is 1. The summed E-state index contributed by atoms with van der Waals surface area (Å²) in [5.74, 6) is 2.60. The molecular formula is C26H28O3. The molecule has 0 saturated heterocycles. The molecule has 29 heavy (non-hydrogen) atoms. The van der Waals surface area contributed by atoms with Crippen LogP contribution in [-0.4, -0.2) is 11.8 Å². The van der Waals surface area contributed by atoms with Gasteiger partial charge < -0.3 is 4.74 Å². The first-order valence-electron chi connectivity index (χ1n) is 10.9. The number of carbonyl (C=O) groups is 2. The van der Waals surface area contributed by atoms with E-state index < -0.39 is 0 Å². The Hall–Kier alpha value is -2.42. The van der Waals surface area contributed by atoms with Crippen LogP contribution >= 0.6 is 0 Å². The van der Waals surface area contributed by atoms with Crippen molar-refractivity contribution in [1.29, 1.82) is 0 Å². The molecule has 0 spiro atoms. The second-order valence-electron chi connectivity index (χ2n) is 9.48. The standard InChI is InChI=1S/C26H28O3/c1-16-15-26(2)20(13-14-22(26)27)19-12-11-17-9-6-10-21(24(17)23(16)19)29-25(28)18-7-4-3-5-8-18/h3-10,16,19-20,23H,11-15H2,1-2H3/t16-,19-,20+,23+,26+/m1/s1. The molecule has 5 rings (SSSR count). The quantitative estimate of drug-likeness (QED) is 0.498. The third-order valence-electron chi connectivity index (χ3n) is 7.92. The van der Waals surface area contributed by atoms with Crippen molar-refractivity contribution in [2.45, 2.75) is 51.9 Å².